The third-order valence-corrected chi connectivity index (χ3v) is 5.25. The topological polar surface area (TPSA) is 43.6 Å². The quantitative estimate of drug-likeness (QED) is 0.715. The van der Waals surface area contributed by atoms with Crippen molar-refractivity contribution in [2.45, 2.75) is 51.5 Å². The van der Waals surface area contributed by atoms with Gasteiger partial charge in [0.1, 0.15) is 5.15 Å². The monoisotopic (exact) mass is 368 g/mol. The van der Waals surface area contributed by atoms with Gasteiger partial charge in [0.15, 0.2) is 5.82 Å². The van der Waals surface area contributed by atoms with Crippen LogP contribution in [0.3, 0.4) is 0 Å². The van der Waals surface area contributed by atoms with Gasteiger partial charge in [-0.05, 0) is 42.6 Å². The molecule has 0 radical (unpaired) electrons. The van der Waals surface area contributed by atoms with E-state index in [-0.39, 0.29) is 0 Å². The van der Waals surface area contributed by atoms with Gasteiger partial charge in [0.2, 0.25) is 0 Å². The second kappa shape index (κ2) is 6.05. The standard InChI is InChI=1S/C15H18BrClN4/c1-9(2)21-8-11(7-18-21)15-19-13(10-5-3-4-6-10)12(16)14(17)20-15/h7-10H,3-6H2,1-2H3. The first-order valence-corrected chi connectivity index (χ1v) is 8.51. The van der Waals surface area contributed by atoms with Crippen LogP contribution in [0.2, 0.25) is 5.15 Å². The Bertz CT molecular complexity index is 647. The van der Waals surface area contributed by atoms with Crippen molar-refractivity contribution >= 4 is 27.5 Å². The Labute approximate surface area is 138 Å². The summed E-state index contributed by atoms with van der Waals surface area (Å²) in [7, 11) is 0. The molecule has 3 rings (SSSR count). The summed E-state index contributed by atoms with van der Waals surface area (Å²) in [5, 5.41) is 4.84. The maximum Gasteiger partial charge on any atom is 0.164 e. The molecule has 0 saturated heterocycles. The highest BCUT2D eigenvalue weighted by atomic mass is 79.9. The van der Waals surface area contributed by atoms with Crippen molar-refractivity contribution in [1.29, 1.82) is 0 Å². The first-order valence-electron chi connectivity index (χ1n) is 7.33. The molecule has 1 aliphatic carbocycles. The van der Waals surface area contributed by atoms with E-state index in [1.807, 2.05) is 10.9 Å². The van der Waals surface area contributed by atoms with E-state index in [0.717, 1.165) is 15.7 Å². The Kier molecular flexibility index (Phi) is 4.31. The summed E-state index contributed by atoms with van der Waals surface area (Å²) >= 11 is 9.84. The summed E-state index contributed by atoms with van der Waals surface area (Å²) in [6.07, 6.45) is 8.66. The molecule has 6 heteroatoms. The molecule has 0 aliphatic heterocycles. The van der Waals surface area contributed by atoms with E-state index in [1.165, 1.54) is 25.7 Å². The normalized spacial score (nSPS) is 16.0. The van der Waals surface area contributed by atoms with Crippen LogP contribution in [-0.4, -0.2) is 19.7 Å². The van der Waals surface area contributed by atoms with Gasteiger partial charge in [0.05, 0.1) is 21.9 Å². The maximum absolute atomic E-state index is 6.29. The zero-order valence-electron chi connectivity index (χ0n) is 12.2. The minimum Gasteiger partial charge on any atom is -0.270 e. The average molecular weight is 370 g/mol. The molecule has 1 aliphatic rings. The van der Waals surface area contributed by atoms with Crippen molar-refractivity contribution < 1.29 is 0 Å². The number of nitrogens with zero attached hydrogens (tertiary/aromatic N) is 4. The molecule has 1 saturated carbocycles. The van der Waals surface area contributed by atoms with Crippen molar-refractivity contribution in [3.8, 4) is 11.4 Å². The molecule has 0 amide bonds. The van der Waals surface area contributed by atoms with Crippen LogP contribution in [0, 0.1) is 0 Å². The van der Waals surface area contributed by atoms with Gasteiger partial charge in [-0.2, -0.15) is 5.10 Å². The summed E-state index contributed by atoms with van der Waals surface area (Å²) in [5.74, 6) is 1.15. The zero-order valence-corrected chi connectivity index (χ0v) is 14.5. The van der Waals surface area contributed by atoms with Gasteiger partial charge in [-0.1, -0.05) is 24.4 Å². The van der Waals surface area contributed by atoms with E-state index in [9.17, 15) is 0 Å². The Morgan fingerprint density at radius 3 is 2.62 bits per heavy atom. The maximum atomic E-state index is 6.29. The lowest BCUT2D eigenvalue weighted by Gasteiger charge is -2.12. The molecule has 112 valence electrons. The van der Waals surface area contributed by atoms with E-state index in [1.54, 1.807) is 6.20 Å². The fraction of sp³-hybridized carbons (Fsp3) is 0.533. The Hall–Kier alpha value is -0.940. The predicted molar refractivity (Wildman–Crippen MR) is 87.6 cm³/mol. The van der Waals surface area contributed by atoms with Gasteiger partial charge in [-0.25, -0.2) is 9.97 Å². The molecule has 1 fully saturated rings. The molecule has 0 atom stereocenters. The van der Waals surface area contributed by atoms with Crippen molar-refractivity contribution in [1.82, 2.24) is 19.7 Å². The van der Waals surface area contributed by atoms with E-state index in [0.29, 0.717) is 22.9 Å². The molecule has 2 aromatic heterocycles. The van der Waals surface area contributed by atoms with Crippen molar-refractivity contribution in [3.63, 3.8) is 0 Å². The second-order valence-electron chi connectivity index (χ2n) is 5.82. The summed E-state index contributed by atoms with van der Waals surface area (Å²) in [6, 6.07) is 0.318. The van der Waals surface area contributed by atoms with Crippen molar-refractivity contribution in [3.05, 3.63) is 27.7 Å². The lowest BCUT2D eigenvalue weighted by molar-refractivity contribution is 0.532. The van der Waals surface area contributed by atoms with E-state index >= 15 is 0 Å². The summed E-state index contributed by atoms with van der Waals surface area (Å²) in [6.45, 7) is 4.19. The van der Waals surface area contributed by atoms with E-state index in [2.05, 4.69) is 39.9 Å². The smallest absolute Gasteiger partial charge is 0.164 e. The van der Waals surface area contributed by atoms with Gasteiger partial charge in [-0.15, -0.1) is 0 Å². The number of aromatic nitrogens is 4. The Morgan fingerprint density at radius 1 is 1.29 bits per heavy atom. The third-order valence-electron chi connectivity index (χ3n) is 3.97. The van der Waals surface area contributed by atoms with Crippen molar-refractivity contribution in [2.75, 3.05) is 0 Å². The molecule has 0 bridgehead atoms. The zero-order chi connectivity index (χ0) is 15.0. The van der Waals surface area contributed by atoms with Crippen LogP contribution in [0.15, 0.2) is 16.9 Å². The van der Waals surface area contributed by atoms with Gasteiger partial charge in [-0.3, -0.25) is 4.68 Å². The molecule has 2 aromatic rings. The average Bonchev–Trinajstić information content (AvgIpc) is 3.11. The summed E-state index contributed by atoms with van der Waals surface area (Å²) < 4.78 is 2.75. The molecule has 2 heterocycles. The molecule has 0 spiro atoms. The highest BCUT2D eigenvalue weighted by Crippen LogP contribution is 2.39. The van der Waals surface area contributed by atoms with Gasteiger partial charge >= 0.3 is 0 Å². The van der Waals surface area contributed by atoms with Crippen LogP contribution in [-0.2, 0) is 0 Å². The highest BCUT2D eigenvalue weighted by molar-refractivity contribution is 9.10. The van der Waals surface area contributed by atoms with Crippen LogP contribution in [0.4, 0.5) is 0 Å². The molecule has 0 N–H and O–H groups in total. The fourth-order valence-corrected chi connectivity index (χ4v) is 3.45. The van der Waals surface area contributed by atoms with Gasteiger partial charge < -0.3 is 0 Å². The van der Waals surface area contributed by atoms with Gasteiger partial charge in [0, 0.05) is 18.2 Å². The SMILES string of the molecule is CC(C)n1cc(-c2nc(Cl)c(Br)c(C3CCCC3)n2)cn1. The first kappa shape index (κ1) is 15.0. The summed E-state index contributed by atoms with van der Waals surface area (Å²) in [5.41, 5.74) is 1.96. The number of halogens is 2. The van der Waals surface area contributed by atoms with Gasteiger partial charge in [0.25, 0.3) is 0 Å². The van der Waals surface area contributed by atoms with Crippen LogP contribution in [0.25, 0.3) is 11.4 Å². The number of hydrogen-bond donors (Lipinski definition) is 0. The number of hydrogen-bond acceptors (Lipinski definition) is 3. The van der Waals surface area contributed by atoms with Crippen LogP contribution in [0.1, 0.15) is 57.2 Å². The van der Waals surface area contributed by atoms with Crippen LogP contribution in [0.5, 0.6) is 0 Å². The highest BCUT2D eigenvalue weighted by Gasteiger charge is 2.24. The molecule has 21 heavy (non-hydrogen) atoms. The van der Waals surface area contributed by atoms with Crippen molar-refractivity contribution in [2.24, 2.45) is 0 Å². The second-order valence-corrected chi connectivity index (χ2v) is 6.97. The molecule has 0 aromatic carbocycles. The minimum absolute atomic E-state index is 0.318. The van der Waals surface area contributed by atoms with E-state index < -0.39 is 0 Å². The Balaban J connectivity index is 2.02. The predicted octanol–water partition coefficient (Wildman–Crippen LogP) is 4.99. The molecular weight excluding hydrogens is 352 g/mol. The minimum atomic E-state index is 0.318. The number of rotatable bonds is 3. The van der Waals surface area contributed by atoms with E-state index in [4.69, 9.17) is 16.6 Å². The molecule has 0 unspecified atom stereocenters. The lowest BCUT2D eigenvalue weighted by Crippen LogP contribution is -2.03. The lowest BCUT2D eigenvalue weighted by atomic mass is 10.0. The summed E-state index contributed by atoms with van der Waals surface area (Å²) in [4.78, 5) is 9.16. The first-order chi connectivity index (χ1) is 10.1. The third kappa shape index (κ3) is 2.99. The molecule has 4 nitrogen and oxygen atoms in total. The Morgan fingerprint density at radius 2 is 2.00 bits per heavy atom. The largest absolute Gasteiger partial charge is 0.270 e. The fourth-order valence-electron chi connectivity index (χ4n) is 2.77. The molecular formula is C15H18BrClN4. The van der Waals surface area contributed by atoms with Crippen LogP contribution >= 0.6 is 27.5 Å². The van der Waals surface area contributed by atoms with Crippen LogP contribution < -0.4 is 0 Å².